The van der Waals surface area contributed by atoms with Crippen molar-refractivity contribution in [2.45, 2.75) is 39.2 Å². The highest BCUT2D eigenvalue weighted by atomic mass is 79.9. The molecule has 1 aromatic rings. The van der Waals surface area contributed by atoms with Crippen LogP contribution in [0.1, 0.15) is 32.1 Å². The number of amides is 1. The molecule has 1 atom stereocenters. The van der Waals surface area contributed by atoms with Gasteiger partial charge in [0.1, 0.15) is 0 Å². The Hall–Kier alpha value is -0.390. The summed E-state index contributed by atoms with van der Waals surface area (Å²) >= 11 is 5.08. The van der Waals surface area contributed by atoms with Crippen molar-refractivity contribution in [2.75, 3.05) is 6.54 Å². The predicted molar refractivity (Wildman–Crippen MR) is 80.8 cm³/mol. The molecule has 0 saturated heterocycles. The van der Waals surface area contributed by atoms with E-state index in [1.54, 1.807) is 11.3 Å². The van der Waals surface area contributed by atoms with Crippen molar-refractivity contribution in [1.82, 2.24) is 5.32 Å². The Labute approximate surface area is 121 Å². The zero-order chi connectivity index (χ0) is 13.8. The van der Waals surface area contributed by atoms with Gasteiger partial charge in [0.25, 0.3) is 0 Å². The molecule has 0 spiro atoms. The fraction of sp³-hybridized carbons (Fsp3) is 0.615. The third-order valence-electron chi connectivity index (χ3n) is 3.34. The van der Waals surface area contributed by atoms with Crippen LogP contribution in [0.2, 0.25) is 0 Å². The molecule has 0 saturated carbocycles. The van der Waals surface area contributed by atoms with Crippen molar-refractivity contribution in [3.8, 4) is 0 Å². The average molecular weight is 333 g/mol. The minimum Gasteiger partial charge on any atom is -0.349 e. The number of aryl methyl sites for hydroxylation is 1. The van der Waals surface area contributed by atoms with Crippen LogP contribution in [0, 0.1) is 5.92 Å². The fourth-order valence-electron chi connectivity index (χ4n) is 1.53. The molecule has 0 aliphatic rings. The predicted octanol–water partition coefficient (Wildman–Crippen LogP) is 2.93. The molecule has 1 heterocycles. The van der Waals surface area contributed by atoms with Crippen LogP contribution in [0.15, 0.2) is 15.9 Å². The van der Waals surface area contributed by atoms with Gasteiger partial charge in [-0.25, -0.2) is 0 Å². The number of nitrogens with two attached hydrogens (primary N) is 1. The van der Waals surface area contributed by atoms with Crippen molar-refractivity contribution >= 4 is 33.2 Å². The van der Waals surface area contributed by atoms with E-state index in [0.717, 1.165) is 10.9 Å². The minimum absolute atomic E-state index is 0.0705. The molecule has 0 fully saturated rings. The monoisotopic (exact) mass is 332 g/mol. The van der Waals surface area contributed by atoms with Gasteiger partial charge in [-0.2, -0.15) is 0 Å². The number of hydrogen-bond donors (Lipinski definition) is 2. The zero-order valence-corrected chi connectivity index (χ0v) is 13.5. The highest BCUT2D eigenvalue weighted by Crippen LogP contribution is 2.21. The standard InChI is InChI=1S/C13H21BrN2OS/c1-9(2)13(3,8-15)16-12(17)5-4-11-6-10(14)7-18-11/h6-7,9H,4-5,8,15H2,1-3H3,(H,16,17). The Morgan fingerprint density at radius 1 is 1.61 bits per heavy atom. The molecule has 1 unspecified atom stereocenters. The third kappa shape index (κ3) is 4.37. The Morgan fingerprint density at radius 3 is 2.72 bits per heavy atom. The average Bonchev–Trinajstić information content (AvgIpc) is 2.72. The summed E-state index contributed by atoms with van der Waals surface area (Å²) in [6.45, 7) is 6.60. The maximum atomic E-state index is 11.9. The number of thiophene rings is 1. The molecule has 1 aromatic heterocycles. The number of hydrogen-bond acceptors (Lipinski definition) is 3. The lowest BCUT2D eigenvalue weighted by Crippen LogP contribution is -2.55. The lowest BCUT2D eigenvalue weighted by Gasteiger charge is -2.33. The van der Waals surface area contributed by atoms with Crippen LogP contribution in [0.5, 0.6) is 0 Å². The van der Waals surface area contributed by atoms with Crippen LogP contribution in [0.25, 0.3) is 0 Å². The van der Waals surface area contributed by atoms with Crippen LogP contribution in [0.4, 0.5) is 0 Å². The molecule has 0 aliphatic heterocycles. The van der Waals surface area contributed by atoms with Crippen molar-refractivity contribution in [2.24, 2.45) is 11.7 Å². The first-order valence-corrected chi connectivity index (χ1v) is 7.78. The van der Waals surface area contributed by atoms with Crippen LogP contribution in [0.3, 0.4) is 0 Å². The van der Waals surface area contributed by atoms with E-state index in [1.165, 1.54) is 4.88 Å². The van der Waals surface area contributed by atoms with Gasteiger partial charge in [0.2, 0.25) is 5.91 Å². The first kappa shape index (κ1) is 15.7. The van der Waals surface area contributed by atoms with E-state index in [9.17, 15) is 4.79 Å². The number of carbonyl (C=O) groups is 1. The molecule has 5 heteroatoms. The fourth-order valence-corrected chi connectivity index (χ4v) is 2.99. The smallest absolute Gasteiger partial charge is 0.220 e. The Kier molecular flexibility index (Phi) is 5.82. The summed E-state index contributed by atoms with van der Waals surface area (Å²) < 4.78 is 1.08. The second-order valence-electron chi connectivity index (χ2n) is 5.06. The normalized spacial score (nSPS) is 14.6. The van der Waals surface area contributed by atoms with Gasteiger partial charge in [0, 0.05) is 27.7 Å². The summed E-state index contributed by atoms with van der Waals surface area (Å²) in [5.41, 5.74) is 5.44. The van der Waals surface area contributed by atoms with Crippen LogP contribution < -0.4 is 11.1 Å². The largest absolute Gasteiger partial charge is 0.349 e. The van der Waals surface area contributed by atoms with Crippen molar-refractivity contribution in [1.29, 1.82) is 0 Å². The van der Waals surface area contributed by atoms with Crippen molar-refractivity contribution in [3.05, 3.63) is 20.8 Å². The molecular formula is C13H21BrN2OS. The maximum Gasteiger partial charge on any atom is 0.220 e. The molecule has 1 rings (SSSR count). The molecule has 1 amide bonds. The second kappa shape index (κ2) is 6.68. The summed E-state index contributed by atoms with van der Waals surface area (Å²) in [4.78, 5) is 13.1. The van der Waals surface area contributed by atoms with Gasteiger partial charge in [0.05, 0.1) is 5.54 Å². The maximum absolute atomic E-state index is 11.9. The van der Waals surface area contributed by atoms with Gasteiger partial charge in [-0.3, -0.25) is 4.79 Å². The first-order chi connectivity index (χ1) is 8.37. The Bertz CT molecular complexity index is 405. The Balaban J connectivity index is 2.46. The highest BCUT2D eigenvalue weighted by Gasteiger charge is 2.28. The minimum atomic E-state index is -0.312. The summed E-state index contributed by atoms with van der Waals surface area (Å²) in [5, 5.41) is 5.08. The SMILES string of the molecule is CC(C)C(C)(CN)NC(=O)CCc1cc(Br)cs1. The second-order valence-corrected chi connectivity index (χ2v) is 6.97. The first-order valence-electron chi connectivity index (χ1n) is 6.11. The molecule has 18 heavy (non-hydrogen) atoms. The van der Waals surface area contributed by atoms with Gasteiger partial charge in [-0.1, -0.05) is 13.8 Å². The number of nitrogens with one attached hydrogen (secondary N) is 1. The topological polar surface area (TPSA) is 55.1 Å². The molecule has 3 N–H and O–H groups in total. The Morgan fingerprint density at radius 2 is 2.28 bits per heavy atom. The molecule has 0 radical (unpaired) electrons. The number of carbonyl (C=O) groups excluding carboxylic acids is 1. The van der Waals surface area contributed by atoms with Gasteiger partial charge in [-0.05, 0) is 41.3 Å². The molecular weight excluding hydrogens is 312 g/mol. The zero-order valence-electron chi connectivity index (χ0n) is 11.1. The van der Waals surface area contributed by atoms with E-state index in [2.05, 4.69) is 41.2 Å². The van der Waals surface area contributed by atoms with E-state index in [0.29, 0.717) is 18.9 Å². The molecule has 102 valence electrons. The van der Waals surface area contributed by atoms with Crippen LogP contribution >= 0.6 is 27.3 Å². The van der Waals surface area contributed by atoms with Crippen molar-refractivity contribution < 1.29 is 4.79 Å². The number of halogens is 1. The van der Waals surface area contributed by atoms with Gasteiger partial charge < -0.3 is 11.1 Å². The molecule has 0 bridgehead atoms. The highest BCUT2D eigenvalue weighted by molar-refractivity contribution is 9.10. The summed E-state index contributed by atoms with van der Waals surface area (Å²) in [6.07, 6.45) is 1.29. The van der Waals surface area contributed by atoms with E-state index >= 15 is 0 Å². The molecule has 0 aromatic carbocycles. The lowest BCUT2D eigenvalue weighted by atomic mass is 9.88. The molecule has 0 aliphatic carbocycles. The number of rotatable bonds is 6. The van der Waals surface area contributed by atoms with E-state index in [4.69, 9.17) is 5.73 Å². The van der Waals surface area contributed by atoms with E-state index < -0.39 is 0 Å². The van der Waals surface area contributed by atoms with Gasteiger partial charge >= 0.3 is 0 Å². The van der Waals surface area contributed by atoms with Crippen LogP contribution in [-0.2, 0) is 11.2 Å². The molecule has 3 nitrogen and oxygen atoms in total. The van der Waals surface area contributed by atoms with E-state index in [1.807, 2.05) is 12.3 Å². The summed E-state index contributed by atoms with van der Waals surface area (Å²) in [7, 11) is 0. The van der Waals surface area contributed by atoms with Gasteiger partial charge in [-0.15, -0.1) is 11.3 Å². The van der Waals surface area contributed by atoms with E-state index in [-0.39, 0.29) is 11.4 Å². The van der Waals surface area contributed by atoms with Crippen LogP contribution in [-0.4, -0.2) is 18.0 Å². The summed E-state index contributed by atoms with van der Waals surface area (Å²) in [5.74, 6) is 0.392. The quantitative estimate of drug-likeness (QED) is 0.841. The third-order valence-corrected chi connectivity index (χ3v) is 5.10. The lowest BCUT2D eigenvalue weighted by molar-refractivity contribution is -0.123. The summed E-state index contributed by atoms with van der Waals surface area (Å²) in [6, 6.07) is 2.06. The van der Waals surface area contributed by atoms with Gasteiger partial charge in [0.15, 0.2) is 0 Å². The van der Waals surface area contributed by atoms with Crippen molar-refractivity contribution in [3.63, 3.8) is 0 Å².